The Morgan fingerprint density at radius 2 is 1.57 bits per heavy atom. The molecule has 0 aromatic rings. The van der Waals surface area contributed by atoms with Crippen molar-refractivity contribution in [3.63, 3.8) is 0 Å². The van der Waals surface area contributed by atoms with Gasteiger partial charge in [-0.15, -0.1) is 0 Å². The molecule has 1 aliphatic carbocycles. The van der Waals surface area contributed by atoms with E-state index in [1.54, 1.807) is 0 Å². The molecule has 0 aliphatic heterocycles. The van der Waals surface area contributed by atoms with Crippen molar-refractivity contribution in [1.82, 2.24) is 5.32 Å². The Morgan fingerprint density at radius 3 is 1.96 bits per heavy atom. The monoisotopic (exact) mass is 349 g/mol. The summed E-state index contributed by atoms with van der Waals surface area (Å²) >= 11 is 0. The van der Waals surface area contributed by atoms with Crippen LogP contribution in [-0.2, 0) is 4.74 Å². The minimum absolute atomic E-state index is 0.183. The molecule has 1 N–H and O–H groups in total. The van der Waals surface area contributed by atoms with Crippen LogP contribution in [0.4, 0.5) is 31.1 Å². The molecule has 0 aromatic heterocycles. The van der Waals surface area contributed by atoms with Crippen LogP contribution >= 0.6 is 0 Å². The van der Waals surface area contributed by atoms with Gasteiger partial charge in [0, 0.05) is 0 Å². The third-order valence-corrected chi connectivity index (χ3v) is 4.64. The van der Waals surface area contributed by atoms with Crippen molar-refractivity contribution >= 4 is 6.09 Å². The second-order valence-electron chi connectivity index (χ2n) is 6.17. The molecule has 1 amide bonds. The highest BCUT2D eigenvalue weighted by Gasteiger charge is 2.71. The normalized spacial score (nSPS) is 26.7. The Kier molecular flexibility index (Phi) is 5.85. The molecule has 3 unspecified atom stereocenters. The number of carbonyl (C=O) groups excluding carboxylic acids is 1. The summed E-state index contributed by atoms with van der Waals surface area (Å²) in [5.41, 5.74) is -4.30. The Morgan fingerprint density at radius 1 is 1.04 bits per heavy atom. The fraction of sp³-hybridized carbons (Fsp3) is 0.929. The van der Waals surface area contributed by atoms with Crippen LogP contribution < -0.4 is 5.32 Å². The lowest BCUT2D eigenvalue weighted by atomic mass is 9.80. The second kappa shape index (κ2) is 6.76. The summed E-state index contributed by atoms with van der Waals surface area (Å²) < 4.78 is 82.4. The van der Waals surface area contributed by atoms with Gasteiger partial charge in [-0.05, 0) is 37.5 Å². The summed E-state index contributed by atoms with van der Waals surface area (Å²) in [5.74, 6) is 0.556. The number of carbonyl (C=O) groups is 1. The van der Waals surface area contributed by atoms with E-state index in [1.807, 2.05) is 13.8 Å². The predicted molar refractivity (Wildman–Crippen MR) is 70.7 cm³/mol. The number of rotatable bonds is 3. The molecule has 136 valence electrons. The summed E-state index contributed by atoms with van der Waals surface area (Å²) in [7, 11) is 0. The molecule has 1 saturated carbocycles. The largest absolute Gasteiger partial charge is 0.446 e. The minimum atomic E-state index is -5.67. The van der Waals surface area contributed by atoms with Gasteiger partial charge < -0.3 is 4.74 Å². The van der Waals surface area contributed by atoms with E-state index in [4.69, 9.17) is 4.74 Å². The van der Waals surface area contributed by atoms with Crippen molar-refractivity contribution in [1.29, 1.82) is 0 Å². The van der Waals surface area contributed by atoms with Gasteiger partial charge in [0.05, 0.1) is 0 Å². The van der Waals surface area contributed by atoms with E-state index in [0.29, 0.717) is 32.1 Å². The van der Waals surface area contributed by atoms with Gasteiger partial charge in [0.25, 0.3) is 0 Å². The SMILES string of the molecule is CCC(NC(=O)OC1CCC(C)C(C)C1)(C(F)(F)F)C(F)(F)F. The van der Waals surface area contributed by atoms with Crippen LogP contribution in [0.1, 0.15) is 46.5 Å². The number of ether oxygens (including phenoxy) is 1. The van der Waals surface area contributed by atoms with Crippen LogP contribution in [0.2, 0.25) is 0 Å². The highest BCUT2D eigenvalue weighted by Crippen LogP contribution is 2.45. The fourth-order valence-corrected chi connectivity index (χ4v) is 2.75. The number of hydrogen-bond donors (Lipinski definition) is 1. The maximum Gasteiger partial charge on any atom is 0.420 e. The van der Waals surface area contributed by atoms with Gasteiger partial charge >= 0.3 is 18.4 Å². The van der Waals surface area contributed by atoms with Crippen molar-refractivity contribution in [2.45, 2.75) is 70.4 Å². The third kappa shape index (κ3) is 4.23. The molecule has 1 rings (SSSR count). The highest BCUT2D eigenvalue weighted by atomic mass is 19.4. The predicted octanol–water partition coefficient (Wildman–Crippen LogP) is 4.81. The van der Waals surface area contributed by atoms with E-state index in [1.165, 1.54) is 0 Å². The van der Waals surface area contributed by atoms with E-state index in [-0.39, 0.29) is 5.92 Å². The maximum absolute atomic E-state index is 12.9. The molecule has 0 heterocycles. The van der Waals surface area contributed by atoms with E-state index in [9.17, 15) is 31.1 Å². The van der Waals surface area contributed by atoms with Crippen LogP contribution in [-0.4, -0.2) is 30.1 Å². The zero-order valence-electron chi connectivity index (χ0n) is 13.1. The summed E-state index contributed by atoms with van der Waals surface area (Å²) in [5, 5.41) is 1.02. The third-order valence-electron chi connectivity index (χ3n) is 4.64. The standard InChI is InChI=1S/C14H21F6NO2/c1-4-12(13(15,16)17,14(18,19)20)21-11(22)23-10-6-5-8(2)9(3)7-10/h8-10H,4-7H2,1-3H3,(H,21,22). The van der Waals surface area contributed by atoms with Gasteiger partial charge in [-0.3, -0.25) is 5.32 Å². The van der Waals surface area contributed by atoms with Crippen LogP contribution in [0.5, 0.6) is 0 Å². The number of halogens is 6. The number of alkyl carbamates (subject to hydrolysis) is 1. The van der Waals surface area contributed by atoms with Crippen LogP contribution in [0.3, 0.4) is 0 Å². The zero-order valence-corrected chi connectivity index (χ0v) is 13.1. The average Bonchev–Trinajstić information content (AvgIpc) is 2.37. The molecule has 0 radical (unpaired) electrons. The first-order chi connectivity index (χ1) is 10.3. The molecular weight excluding hydrogens is 328 g/mol. The minimum Gasteiger partial charge on any atom is -0.446 e. The Hall–Kier alpha value is -1.15. The summed E-state index contributed by atoms with van der Waals surface area (Å²) in [6, 6.07) is 0. The number of alkyl halides is 6. The number of amides is 1. The lowest BCUT2D eigenvalue weighted by Crippen LogP contribution is -2.67. The Labute approximate surface area is 130 Å². The van der Waals surface area contributed by atoms with E-state index in [0.717, 1.165) is 5.32 Å². The summed E-state index contributed by atoms with van der Waals surface area (Å²) in [6.45, 7) is 4.61. The van der Waals surface area contributed by atoms with E-state index in [2.05, 4.69) is 0 Å². The zero-order chi connectivity index (χ0) is 18.1. The molecule has 1 aliphatic rings. The van der Waals surface area contributed by atoms with Gasteiger partial charge in [0.15, 0.2) is 0 Å². The molecule has 9 heteroatoms. The van der Waals surface area contributed by atoms with Crippen molar-refractivity contribution in [2.75, 3.05) is 0 Å². The van der Waals surface area contributed by atoms with Crippen molar-refractivity contribution in [3.05, 3.63) is 0 Å². The smallest absolute Gasteiger partial charge is 0.420 e. The molecule has 0 aromatic carbocycles. The van der Waals surface area contributed by atoms with Gasteiger partial charge in [-0.2, -0.15) is 26.3 Å². The quantitative estimate of drug-likeness (QED) is 0.743. The van der Waals surface area contributed by atoms with Crippen molar-refractivity contribution in [3.8, 4) is 0 Å². The van der Waals surface area contributed by atoms with E-state index >= 15 is 0 Å². The van der Waals surface area contributed by atoms with Crippen LogP contribution in [0, 0.1) is 11.8 Å². The Bertz CT molecular complexity index is 406. The molecule has 1 fully saturated rings. The maximum atomic E-state index is 12.9. The number of hydrogen-bond acceptors (Lipinski definition) is 2. The molecule has 0 bridgehead atoms. The van der Waals surface area contributed by atoms with Gasteiger partial charge in [-0.25, -0.2) is 4.79 Å². The van der Waals surface area contributed by atoms with Crippen LogP contribution in [0.15, 0.2) is 0 Å². The Balaban J connectivity index is 2.83. The molecule has 0 saturated heterocycles. The average molecular weight is 349 g/mol. The molecular formula is C14H21F6NO2. The van der Waals surface area contributed by atoms with Gasteiger partial charge in [0.1, 0.15) is 6.10 Å². The number of nitrogens with one attached hydrogen (secondary N) is 1. The molecule has 23 heavy (non-hydrogen) atoms. The highest BCUT2D eigenvalue weighted by molar-refractivity contribution is 5.69. The van der Waals surface area contributed by atoms with Gasteiger partial charge in [-0.1, -0.05) is 20.8 Å². The van der Waals surface area contributed by atoms with Crippen molar-refractivity contribution in [2.24, 2.45) is 11.8 Å². The lowest BCUT2D eigenvalue weighted by Gasteiger charge is -2.37. The first-order valence-corrected chi connectivity index (χ1v) is 7.46. The fourth-order valence-electron chi connectivity index (χ4n) is 2.75. The van der Waals surface area contributed by atoms with Gasteiger partial charge in [0.2, 0.25) is 5.54 Å². The van der Waals surface area contributed by atoms with Crippen molar-refractivity contribution < 1.29 is 35.9 Å². The van der Waals surface area contributed by atoms with Crippen LogP contribution in [0.25, 0.3) is 0 Å². The lowest BCUT2D eigenvalue weighted by molar-refractivity contribution is -0.305. The molecule has 3 atom stereocenters. The topological polar surface area (TPSA) is 38.3 Å². The molecule has 3 nitrogen and oxygen atoms in total. The second-order valence-corrected chi connectivity index (χ2v) is 6.17. The first kappa shape index (κ1) is 19.9. The molecule has 0 spiro atoms. The van der Waals surface area contributed by atoms with E-state index < -0.39 is 36.5 Å². The summed E-state index contributed by atoms with van der Waals surface area (Å²) in [6.07, 6.45) is -13.5. The summed E-state index contributed by atoms with van der Waals surface area (Å²) in [4.78, 5) is 11.6. The first-order valence-electron chi connectivity index (χ1n) is 7.46.